The molecule has 1 spiro atoms. The molecule has 0 N–H and O–H groups in total. The SMILES string of the molecule is Cc1ccccc1CN1CCCC2(C1)OCCO2. The topological polar surface area (TPSA) is 21.7 Å². The van der Waals surface area contributed by atoms with Gasteiger partial charge in [-0.1, -0.05) is 24.3 Å². The Labute approximate surface area is 109 Å². The molecule has 2 fully saturated rings. The Morgan fingerprint density at radius 1 is 1.22 bits per heavy atom. The summed E-state index contributed by atoms with van der Waals surface area (Å²) in [6.07, 6.45) is 2.20. The largest absolute Gasteiger partial charge is 0.346 e. The van der Waals surface area contributed by atoms with Crippen LogP contribution >= 0.6 is 0 Å². The van der Waals surface area contributed by atoms with Crippen molar-refractivity contribution >= 4 is 0 Å². The van der Waals surface area contributed by atoms with Crippen molar-refractivity contribution in [3.8, 4) is 0 Å². The fraction of sp³-hybridized carbons (Fsp3) is 0.600. The van der Waals surface area contributed by atoms with Crippen molar-refractivity contribution in [2.75, 3.05) is 26.3 Å². The Morgan fingerprint density at radius 3 is 2.78 bits per heavy atom. The van der Waals surface area contributed by atoms with Crippen LogP contribution in [0.15, 0.2) is 24.3 Å². The first-order valence-corrected chi connectivity index (χ1v) is 6.82. The Bertz CT molecular complexity index is 413. The van der Waals surface area contributed by atoms with E-state index in [-0.39, 0.29) is 5.79 Å². The van der Waals surface area contributed by atoms with Crippen molar-refractivity contribution in [2.24, 2.45) is 0 Å². The lowest BCUT2D eigenvalue weighted by atomic mass is 10.0. The number of aryl methyl sites for hydroxylation is 1. The maximum absolute atomic E-state index is 5.82. The first-order valence-electron chi connectivity index (χ1n) is 6.82. The van der Waals surface area contributed by atoms with Crippen molar-refractivity contribution in [1.29, 1.82) is 0 Å². The number of rotatable bonds is 2. The van der Waals surface area contributed by atoms with Gasteiger partial charge in [0.15, 0.2) is 5.79 Å². The van der Waals surface area contributed by atoms with Gasteiger partial charge in [0.2, 0.25) is 0 Å². The minimum Gasteiger partial charge on any atom is -0.346 e. The normalized spacial score (nSPS) is 23.6. The summed E-state index contributed by atoms with van der Waals surface area (Å²) in [4.78, 5) is 2.46. The fourth-order valence-corrected chi connectivity index (χ4v) is 2.97. The molecule has 0 saturated carbocycles. The molecule has 3 heteroatoms. The number of nitrogens with zero attached hydrogens (tertiary/aromatic N) is 1. The van der Waals surface area contributed by atoms with Crippen molar-refractivity contribution in [1.82, 2.24) is 4.90 Å². The van der Waals surface area contributed by atoms with Crippen molar-refractivity contribution < 1.29 is 9.47 Å². The third kappa shape index (κ3) is 2.44. The second-order valence-corrected chi connectivity index (χ2v) is 5.35. The number of likely N-dealkylation sites (tertiary alicyclic amines) is 1. The van der Waals surface area contributed by atoms with Crippen LogP contribution in [0.3, 0.4) is 0 Å². The smallest absolute Gasteiger partial charge is 0.181 e. The summed E-state index contributed by atoms with van der Waals surface area (Å²) < 4.78 is 11.6. The molecular formula is C15H21NO2. The van der Waals surface area contributed by atoms with E-state index in [0.717, 1.165) is 45.7 Å². The summed E-state index contributed by atoms with van der Waals surface area (Å²) in [5.41, 5.74) is 2.78. The van der Waals surface area contributed by atoms with Gasteiger partial charge in [-0.05, 0) is 31.0 Å². The van der Waals surface area contributed by atoms with Gasteiger partial charge in [0.05, 0.1) is 19.8 Å². The van der Waals surface area contributed by atoms with E-state index in [1.807, 2.05) is 0 Å². The van der Waals surface area contributed by atoms with Gasteiger partial charge >= 0.3 is 0 Å². The lowest BCUT2D eigenvalue weighted by molar-refractivity contribution is -0.190. The zero-order valence-corrected chi connectivity index (χ0v) is 11.0. The van der Waals surface area contributed by atoms with Crippen molar-refractivity contribution in [3.05, 3.63) is 35.4 Å². The average molecular weight is 247 g/mol. The van der Waals surface area contributed by atoms with E-state index in [1.54, 1.807) is 0 Å². The van der Waals surface area contributed by atoms with Crippen molar-refractivity contribution in [3.63, 3.8) is 0 Å². The number of hydrogen-bond acceptors (Lipinski definition) is 3. The summed E-state index contributed by atoms with van der Waals surface area (Å²) in [5.74, 6) is -0.305. The predicted molar refractivity (Wildman–Crippen MR) is 70.3 cm³/mol. The monoisotopic (exact) mass is 247 g/mol. The first-order chi connectivity index (χ1) is 8.77. The summed E-state index contributed by atoms with van der Waals surface area (Å²) in [6, 6.07) is 8.61. The highest BCUT2D eigenvalue weighted by molar-refractivity contribution is 5.25. The van der Waals surface area contributed by atoms with Gasteiger partial charge < -0.3 is 9.47 Å². The molecule has 2 aliphatic heterocycles. The number of piperidine rings is 1. The zero-order valence-electron chi connectivity index (χ0n) is 11.0. The standard InChI is InChI=1S/C15H21NO2/c1-13-5-2-3-6-14(13)11-16-8-4-7-15(12-16)17-9-10-18-15/h2-3,5-6H,4,7-12H2,1H3. The van der Waals surface area contributed by atoms with Crippen molar-refractivity contribution in [2.45, 2.75) is 32.1 Å². The van der Waals surface area contributed by atoms with E-state index in [0.29, 0.717) is 0 Å². The number of benzene rings is 1. The first kappa shape index (κ1) is 12.2. The lowest BCUT2D eigenvalue weighted by Crippen LogP contribution is -2.48. The van der Waals surface area contributed by atoms with Crippen LogP contribution in [0.5, 0.6) is 0 Å². The quantitative estimate of drug-likeness (QED) is 0.800. The number of hydrogen-bond donors (Lipinski definition) is 0. The third-order valence-electron chi connectivity index (χ3n) is 3.97. The Balaban J connectivity index is 1.68. The summed E-state index contributed by atoms with van der Waals surface area (Å²) in [6.45, 7) is 6.72. The molecule has 98 valence electrons. The van der Waals surface area contributed by atoms with Crippen LogP contribution in [0.25, 0.3) is 0 Å². The molecule has 18 heavy (non-hydrogen) atoms. The molecule has 2 saturated heterocycles. The van der Waals surface area contributed by atoms with Crippen LogP contribution in [0.4, 0.5) is 0 Å². The maximum atomic E-state index is 5.82. The molecule has 1 aromatic rings. The van der Waals surface area contributed by atoms with Gasteiger partial charge in [0.25, 0.3) is 0 Å². The summed E-state index contributed by atoms with van der Waals surface area (Å²) >= 11 is 0. The second kappa shape index (κ2) is 5.00. The van der Waals surface area contributed by atoms with Crippen LogP contribution < -0.4 is 0 Å². The average Bonchev–Trinajstić information content (AvgIpc) is 2.80. The van der Waals surface area contributed by atoms with Gasteiger partial charge in [-0.25, -0.2) is 0 Å². The zero-order chi connectivity index (χ0) is 12.4. The molecule has 0 amide bonds. The Kier molecular flexibility index (Phi) is 3.37. The van der Waals surface area contributed by atoms with Crippen LogP contribution in [-0.2, 0) is 16.0 Å². The van der Waals surface area contributed by atoms with Crippen LogP contribution in [0.1, 0.15) is 24.0 Å². The van der Waals surface area contributed by atoms with Gasteiger partial charge in [0, 0.05) is 13.0 Å². The highest BCUT2D eigenvalue weighted by atomic mass is 16.7. The van der Waals surface area contributed by atoms with E-state index < -0.39 is 0 Å². The van der Waals surface area contributed by atoms with E-state index in [2.05, 4.69) is 36.1 Å². The van der Waals surface area contributed by atoms with E-state index in [1.165, 1.54) is 11.1 Å². The maximum Gasteiger partial charge on any atom is 0.181 e. The van der Waals surface area contributed by atoms with E-state index >= 15 is 0 Å². The van der Waals surface area contributed by atoms with Crippen LogP contribution in [0, 0.1) is 6.92 Å². The molecule has 0 bridgehead atoms. The molecule has 3 nitrogen and oxygen atoms in total. The fourth-order valence-electron chi connectivity index (χ4n) is 2.97. The van der Waals surface area contributed by atoms with E-state index in [9.17, 15) is 0 Å². The Morgan fingerprint density at radius 2 is 2.00 bits per heavy atom. The predicted octanol–water partition coefficient (Wildman–Crippen LogP) is 2.33. The van der Waals surface area contributed by atoms with Crippen LogP contribution in [0.2, 0.25) is 0 Å². The van der Waals surface area contributed by atoms with E-state index in [4.69, 9.17) is 9.47 Å². The van der Waals surface area contributed by atoms with Gasteiger partial charge in [-0.15, -0.1) is 0 Å². The van der Waals surface area contributed by atoms with Gasteiger partial charge in [0.1, 0.15) is 0 Å². The third-order valence-corrected chi connectivity index (χ3v) is 3.97. The molecule has 0 aliphatic carbocycles. The number of ether oxygens (including phenoxy) is 2. The Hall–Kier alpha value is -0.900. The second-order valence-electron chi connectivity index (χ2n) is 5.35. The molecule has 0 atom stereocenters. The van der Waals surface area contributed by atoms with Gasteiger partial charge in [-0.2, -0.15) is 0 Å². The highest BCUT2D eigenvalue weighted by Crippen LogP contribution is 2.30. The molecule has 1 aromatic carbocycles. The molecule has 3 rings (SSSR count). The lowest BCUT2D eigenvalue weighted by Gasteiger charge is -2.38. The highest BCUT2D eigenvalue weighted by Gasteiger charge is 2.40. The van der Waals surface area contributed by atoms with Crippen LogP contribution in [-0.4, -0.2) is 37.0 Å². The molecule has 0 unspecified atom stereocenters. The molecule has 2 heterocycles. The molecule has 0 aromatic heterocycles. The summed E-state index contributed by atoms with van der Waals surface area (Å²) in [7, 11) is 0. The van der Waals surface area contributed by atoms with Gasteiger partial charge in [-0.3, -0.25) is 4.90 Å². The molecular weight excluding hydrogens is 226 g/mol. The molecule has 2 aliphatic rings. The minimum absolute atomic E-state index is 0.305. The minimum atomic E-state index is -0.305. The molecule has 0 radical (unpaired) electrons. The summed E-state index contributed by atoms with van der Waals surface area (Å²) in [5, 5.41) is 0.